The highest BCUT2D eigenvalue weighted by Gasteiger charge is 2.26. The van der Waals surface area contributed by atoms with Crippen LogP contribution in [0.2, 0.25) is 0 Å². The minimum atomic E-state index is 0.239. The normalized spacial score (nSPS) is 24.3. The summed E-state index contributed by atoms with van der Waals surface area (Å²) < 4.78 is 5.31. The average Bonchev–Trinajstić information content (AvgIpc) is 2.95. The van der Waals surface area contributed by atoms with Crippen LogP contribution in [-0.2, 0) is 0 Å². The number of nitrogens with zero attached hydrogens (tertiary/aromatic N) is 4. The molecule has 118 valence electrons. The Labute approximate surface area is 127 Å². The lowest BCUT2D eigenvalue weighted by Crippen LogP contribution is -2.48. The van der Waals surface area contributed by atoms with E-state index in [0.717, 1.165) is 30.7 Å². The van der Waals surface area contributed by atoms with Gasteiger partial charge >= 0.3 is 0 Å². The molecule has 0 N–H and O–H groups in total. The molecule has 1 aromatic rings. The number of rotatable bonds is 4. The highest BCUT2D eigenvalue weighted by molar-refractivity contribution is 4.92. The monoisotopic (exact) mass is 292 g/mol. The summed E-state index contributed by atoms with van der Waals surface area (Å²) in [5.41, 5.74) is 0. The summed E-state index contributed by atoms with van der Waals surface area (Å²) in [6, 6.07) is 0.239. The molecule has 2 fully saturated rings. The lowest BCUT2D eigenvalue weighted by molar-refractivity contribution is 0.0749. The summed E-state index contributed by atoms with van der Waals surface area (Å²) in [5.74, 6) is 2.43. The van der Waals surface area contributed by atoms with E-state index in [1.165, 1.54) is 51.7 Å². The first-order chi connectivity index (χ1) is 10.2. The summed E-state index contributed by atoms with van der Waals surface area (Å²) in [5, 5.41) is 3.90. The number of piperazine rings is 1. The van der Waals surface area contributed by atoms with Gasteiger partial charge in [-0.1, -0.05) is 24.4 Å². The Morgan fingerprint density at radius 2 is 1.86 bits per heavy atom. The molecule has 1 aromatic heterocycles. The molecule has 1 aliphatic carbocycles. The summed E-state index contributed by atoms with van der Waals surface area (Å²) in [6.45, 7) is 9.92. The SMILES string of the molecule is Cc1noc([C@H](C)N2CCN(CC3CCCCC3)CC2)n1. The Hall–Kier alpha value is -0.940. The van der Waals surface area contributed by atoms with E-state index < -0.39 is 0 Å². The fourth-order valence-electron chi connectivity index (χ4n) is 3.71. The van der Waals surface area contributed by atoms with Gasteiger partial charge in [0.2, 0.25) is 5.89 Å². The fraction of sp³-hybridized carbons (Fsp3) is 0.875. The van der Waals surface area contributed by atoms with Crippen molar-refractivity contribution in [3.8, 4) is 0 Å². The summed E-state index contributed by atoms with van der Waals surface area (Å²) in [4.78, 5) is 9.48. The van der Waals surface area contributed by atoms with Crippen LogP contribution in [0.25, 0.3) is 0 Å². The lowest BCUT2D eigenvalue weighted by Gasteiger charge is -2.38. The Bertz CT molecular complexity index is 433. The molecular formula is C16H28N4O. The molecule has 0 amide bonds. The Morgan fingerprint density at radius 1 is 1.14 bits per heavy atom. The van der Waals surface area contributed by atoms with Gasteiger partial charge in [-0.05, 0) is 32.6 Å². The Balaban J connectivity index is 1.46. The van der Waals surface area contributed by atoms with E-state index >= 15 is 0 Å². The van der Waals surface area contributed by atoms with Crippen LogP contribution >= 0.6 is 0 Å². The van der Waals surface area contributed by atoms with Crippen LogP contribution in [0.1, 0.15) is 56.8 Å². The molecule has 3 rings (SSSR count). The van der Waals surface area contributed by atoms with E-state index in [4.69, 9.17) is 4.52 Å². The third-order valence-electron chi connectivity index (χ3n) is 5.10. The molecule has 1 aliphatic heterocycles. The molecule has 5 nitrogen and oxygen atoms in total. The van der Waals surface area contributed by atoms with Crippen molar-refractivity contribution in [3.05, 3.63) is 11.7 Å². The zero-order chi connectivity index (χ0) is 14.7. The Morgan fingerprint density at radius 3 is 2.48 bits per heavy atom. The van der Waals surface area contributed by atoms with E-state index in [9.17, 15) is 0 Å². The summed E-state index contributed by atoms with van der Waals surface area (Å²) >= 11 is 0. The van der Waals surface area contributed by atoms with Gasteiger partial charge in [0.15, 0.2) is 5.82 Å². The molecule has 2 aliphatic rings. The van der Waals surface area contributed by atoms with Gasteiger partial charge < -0.3 is 9.42 Å². The smallest absolute Gasteiger partial charge is 0.243 e. The quantitative estimate of drug-likeness (QED) is 0.853. The maximum Gasteiger partial charge on any atom is 0.243 e. The predicted octanol–water partition coefficient (Wildman–Crippen LogP) is 2.64. The van der Waals surface area contributed by atoms with Crippen LogP contribution in [0.15, 0.2) is 4.52 Å². The van der Waals surface area contributed by atoms with Crippen LogP contribution in [0.5, 0.6) is 0 Å². The average molecular weight is 292 g/mol. The van der Waals surface area contributed by atoms with Crippen molar-refractivity contribution >= 4 is 0 Å². The van der Waals surface area contributed by atoms with Gasteiger partial charge in [-0.3, -0.25) is 4.90 Å². The van der Waals surface area contributed by atoms with Crippen LogP contribution in [-0.4, -0.2) is 52.7 Å². The molecule has 21 heavy (non-hydrogen) atoms. The molecule has 0 bridgehead atoms. The van der Waals surface area contributed by atoms with Crippen LogP contribution < -0.4 is 0 Å². The van der Waals surface area contributed by atoms with Gasteiger partial charge in [-0.25, -0.2) is 0 Å². The first-order valence-electron chi connectivity index (χ1n) is 8.49. The number of aryl methyl sites for hydroxylation is 1. The molecule has 2 heterocycles. The zero-order valence-electron chi connectivity index (χ0n) is 13.4. The minimum Gasteiger partial charge on any atom is -0.338 e. The van der Waals surface area contributed by atoms with Crippen LogP contribution in [0.4, 0.5) is 0 Å². The molecule has 1 atom stereocenters. The third kappa shape index (κ3) is 3.83. The molecular weight excluding hydrogens is 264 g/mol. The number of hydrogen-bond donors (Lipinski definition) is 0. The molecule has 1 saturated carbocycles. The molecule has 0 spiro atoms. The van der Waals surface area contributed by atoms with Crippen molar-refractivity contribution in [1.82, 2.24) is 19.9 Å². The number of hydrogen-bond acceptors (Lipinski definition) is 5. The standard InChI is InChI=1S/C16H28N4O/c1-13(16-17-14(2)18-21-16)20-10-8-19(9-11-20)12-15-6-4-3-5-7-15/h13,15H,3-12H2,1-2H3/t13-/m0/s1. The number of aromatic nitrogens is 2. The molecule has 5 heteroatoms. The van der Waals surface area contributed by atoms with Crippen molar-refractivity contribution in [1.29, 1.82) is 0 Å². The van der Waals surface area contributed by atoms with Gasteiger partial charge in [-0.2, -0.15) is 4.98 Å². The maximum absolute atomic E-state index is 5.31. The van der Waals surface area contributed by atoms with Gasteiger partial charge in [0, 0.05) is 32.7 Å². The minimum absolute atomic E-state index is 0.239. The highest BCUT2D eigenvalue weighted by Crippen LogP contribution is 2.25. The van der Waals surface area contributed by atoms with Crippen molar-refractivity contribution < 1.29 is 4.52 Å². The van der Waals surface area contributed by atoms with Gasteiger partial charge in [-0.15, -0.1) is 0 Å². The van der Waals surface area contributed by atoms with Crippen molar-refractivity contribution in [2.75, 3.05) is 32.7 Å². The highest BCUT2D eigenvalue weighted by atomic mass is 16.5. The zero-order valence-corrected chi connectivity index (χ0v) is 13.4. The maximum atomic E-state index is 5.31. The summed E-state index contributed by atoms with van der Waals surface area (Å²) in [7, 11) is 0. The molecule has 0 aromatic carbocycles. The van der Waals surface area contributed by atoms with E-state index in [-0.39, 0.29) is 6.04 Å². The van der Waals surface area contributed by atoms with Crippen molar-refractivity contribution in [2.45, 2.75) is 52.0 Å². The van der Waals surface area contributed by atoms with Gasteiger partial charge in [0.05, 0.1) is 6.04 Å². The summed E-state index contributed by atoms with van der Waals surface area (Å²) in [6.07, 6.45) is 7.22. The Kier molecular flexibility index (Phi) is 4.91. The van der Waals surface area contributed by atoms with Crippen LogP contribution in [0, 0.1) is 12.8 Å². The van der Waals surface area contributed by atoms with Gasteiger partial charge in [0.25, 0.3) is 0 Å². The largest absolute Gasteiger partial charge is 0.338 e. The van der Waals surface area contributed by atoms with E-state index in [1.54, 1.807) is 0 Å². The van der Waals surface area contributed by atoms with Crippen molar-refractivity contribution in [2.24, 2.45) is 5.92 Å². The second-order valence-electron chi connectivity index (χ2n) is 6.70. The molecule has 0 radical (unpaired) electrons. The van der Waals surface area contributed by atoms with E-state index in [0.29, 0.717) is 0 Å². The van der Waals surface area contributed by atoms with Crippen molar-refractivity contribution in [3.63, 3.8) is 0 Å². The molecule has 1 saturated heterocycles. The first kappa shape index (κ1) is 15.0. The first-order valence-corrected chi connectivity index (χ1v) is 8.49. The predicted molar refractivity (Wildman–Crippen MR) is 82.0 cm³/mol. The van der Waals surface area contributed by atoms with Gasteiger partial charge in [0.1, 0.15) is 0 Å². The van der Waals surface area contributed by atoms with E-state index in [1.807, 2.05) is 6.92 Å². The lowest BCUT2D eigenvalue weighted by atomic mass is 9.89. The van der Waals surface area contributed by atoms with Crippen LogP contribution in [0.3, 0.4) is 0 Å². The second-order valence-corrected chi connectivity index (χ2v) is 6.70. The topological polar surface area (TPSA) is 45.4 Å². The fourth-order valence-corrected chi connectivity index (χ4v) is 3.71. The molecule has 0 unspecified atom stereocenters. The second kappa shape index (κ2) is 6.88. The van der Waals surface area contributed by atoms with E-state index in [2.05, 4.69) is 26.9 Å². The third-order valence-corrected chi connectivity index (χ3v) is 5.10.